The summed E-state index contributed by atoms with van der Waals surface area (Å²) in [5.41, 5.74) is 1.81. The standard InChI is InChI=1S/C32H37F5O4S/c1-4-5-6-9-23-10-13-26(30(18-23)41-32(35,36)37)29-19-24-11-12-25(20-28(24)40-29)42-17-8-15-31(33,34)14-7-16-39-21-27(38)22(2)3/h10-13,18-20H,2,4-9,14-17,21H2,1,3H3. The van der Waals surface area contributed by atoms with Gasteiger partial charge in [0.15, 0.2) is 5.78 Å². The van der Waals surface area contributed by atoms with Gasteiger partial charge < -0.3 is 13.9 Å². The van der Waals surface area contributed by atoms with Crippen molar-refractivity contribution in [3.63, 3.8) is 0 Å². The number of thioether (sulfide) groups is 1. The lowest BCUT2D eigenvalue weighted by molar-refractivity contribution is -0.274. The van der Waals surface area contributed by atoms with Crippen LogP contribution < -0.4 is 4.74 Å². The zero-order valence-electron chi connectivity index (χ0n) is 24.0. The number of hydrogen-bond acceptors (Lipinski definition) is 5. The highest BCUT2D eigenvalue weighted by atomic mass is 32.2. The molecule has 0 bridgehead atoms. The molecular weight excluding hydrogens is 575 g/mol. The fraction of sp³-hybridized carbons (Fsp3) is 0.469. The predicted octanol–water partition coefficient (Wildman–Crippen LogP) is 10.2. The number of benzene rings is 2. The first-order valence-corrected chi connectivity index (χ1v) is 15.0. The van der Waals surface area contributed by atoms with Crippen LogP contribution in [0.4, 0.5) is 22.0 Å². The number of fused-ring (bicyclic) bond motifs is 1. The number of halogens is 5. The largest absolute Gasteiger partial charge is 0.573 e. The maximum absolute atomic E-state index is 14.2. The lowest BCUT2D eigenvalue weighted by Crippen LogP contribution is -2.18. The van der Waals surface area contributed by atoms with Gasteiger partial charge in [-0.05, 0) is 85.9 Å². The van der Waals surface area contributed by atoms with Crippen LogP contribution in [0.25, 0.3) is 22.3 Å². The molecule has 1 aromatic heterocycles. The molecule has 4 nitrogen and oxygen atoms in total. The molecule has 0 aliphatic heterocycles. The fourth-order valence-corrected chi connectivity index (χ4v) is 5.19. The Kier molecular flexibility index (Phi) is 12.5. The number of ketones is 1. The minimum Gasteiger partial charge on any atom is -0.456 e. The second kappa shape index (κ2) is 15.6. The summed E-state index contributed by atoms with van der Waals surface area (Å²) in [6.45, 7) is 7.09. The number of unbranched alkanes of at least 4 members (excludes halogenated alkanes) is 2. The summed E-state index contributed by atoms with van der Waals surface area (Å²) < 4.78 is 83.4. The lowest BCUT2D eigenvalue weighted by atomic mass is 10.0. The van der Waals surface area contributed by atoms with Crippen LogP contribution in [-0.4, -0.2) is 37.0 Å². The van der Waals surface area contributed by atoms with Gasteiger partial charge in [-0.15, -0.1) is 24.9 Å². The van der Waals surface area contributed by atoms with Gasteiger partial charge in [-0.3, -0.25) is 4.79 Å². The molecule has 0 aliphatic rings. The van der Waals surface area contributed by atoms with E-state index in [1.54, 1.807) is 37.3 Å². The van der Waals surface area contributed by atoms with Crippen molar-refractivity contribution in [3.05, 3.63) is 60.2 Å². The maximum Gasteiger partial charge on any atom is 0.573 e. The first-order chi connectivity index (χ1) is 19.9. The fourth-order valence-electron chi connectivity index (χ4n) is 4.31. The third kappa shape index (κ3) is 11.1. The summed E-state index contributed by atoms with van der Waals surface area (Å²) in [4.78, 5) is 12.2. The highest BCUT2D eigenvalue weighted by Crippen LogP contribution is 2.39. The Bertz CT molecular complexity index is 1330. The smallest absolute Gasteiger partial charge is 0.456 e. The van der Waals surface area contributed by atoms with E-state index in [0.29, 0.717) is 28.7 Å². The first-order valence-electron chi connectivity index (χ1n) is 14.1. The molecule has 0 atom stereocenters. The highest BCUT2D eigenvalue weighted by Gasteiger charge is 2.33. The monoisotopic (exact) mass is 612 g/mol. The summed E-state index contributed by atoms with van der Waals surface area (Å²) in [5, 5.41) is 0.707. The highest BCUT2D eigenvalue weighted by molar-refractivity contribution is 7.99. The molecule has 0 spiro atoms. The second-order valence-electron chi connectivity index (χ2n) is 10.3. The van der Waals surface area contributed by atoms with E-state index >= 15 is 0 Å². The zero-order valence-corrected chi connectivity index (χ0v) is 24.8. The van der Waals surface area contributed by atoms with Crippen LogP contribution >= 0.6 is 11.8 Å². The predicted molar refractivity (Wildman–Crippen MR) is 156 cm³/mol. The van der Waals surface area contributed by atoms with E-state index in [-0.39, 0.29) is 61.8 Å². The van der Waals surface area contributed by atoms with Crippen LogP contribution in [0.15, 0.2) is 63.9 Å². The molecule has 0 N–H and O–H groups in total. The number of furan rings is 1. The van der Waals surface area contributed by atoms with E-state index in [0.717, 1.165) is 29.7 Å². The summed E-state index contributed by atoms with van der Waals surface area (Å²) >= 11 is 1.40. The Morgan fingerprint density at radius 1 is 0.976 bits per heavy atom. The van der Waals surface area contributed by atoms with E-state index in [1.165, 1.54) is 17.8 Å². The molecule has 2 aromatic carbocycles. The Labute approximate surface area is 247 Å². The minimum atomic E-state index is -4.84. The van der Waals surface area contributed by atoms with Gasteiger partial charge in [0.2, 0.25) is 5.92 Å². The maximum atomic E-state index is 14.2. The van der Waals surface area contributed by atoms with Gasteiger partial charge in [0, 0.05) is 29.7 Å². The summed E-state index contributed by atoms with van der Waals surface area (Å²) in [5.74, 6) is -2.67. The van der Waals surface area contributed by atoms with Crippen molar-refractivity contribution in [2.24, 2.45) is 0 Å². The van der Waals surface area contributed by atoms with E-state index < -0.39 is 12.3 Å². The summed E-state index contributed by atoms with van der Waals surface area (Å²) in [6, 6.07) is 11.8. The number of alkyl halides is 5. The first kappa shape index (κ1) is 33.6. The number of carbonyl (C=O) groups excluding carboxylic acids is 1. The third-order valence-corrected chi connectivity index (χ3v) is 7.67. The quantitative estimate of drug-likeness (QED) is 0.0619. The zero-order chi connectivity index (χ0) is 30.8. The number of rotatable bonds is 18. The van der Waals surface area contributed by atoms with E-state index in [4.69, 9.17) is 9.15 Å². The van der Waals surface area contributed by atoms with Crippen molar-refractivity contribution in [2.45, 2.75) is 82.4 Å². The Hall–Kier alpha value is -2.85. The second-order valence-corrected chi connectivity index (χ2v) is 11.5. The van der Waals surface area contributed by atoms with Crippen molar-refractivity contribution in [1.82, 2.24) is 0 Å². The molecule has 0 unspecified atom stereocenters. The topological polar surface area (TPSA) is 48.7 Å². The van der Waals surface area contributed by atoms with Crippen molar-refractivity contribution in [1.29, 1.82) is 0 Å². The number of hydrogen-bond donors (Lipinski definition) is 0. The molecule has 230 valence electrons. The van der Waals surface area contributed by atoms with Gasteiger partial charge in [0.25, 0.3) is 0 Å². The van der Waals surface area contributed by atoms with Crippen molar-refractivity contribution < 1.29 is 40.6 Å². The van der Waals surface area contributed by atoms with Gasteiger partial charge in [-0.25, -0.2) is 8.78 Å². The third-order valence-electron chi connectivity index (χ3n) is 6.59. The molecule has 0 amide bonds. The molecule has 10 heteroatoms. The molecule has 1 heterocycles. The van der Waals surface area contributed by atoms with E-state index in [1.807, 2.05) is 6.07 Å². The molecule has 3 aromatic rings. The SMILES string of the molecule is C=C(C)C(=O)COCCCC(F)(F)CCCSc1ccc2cc(-c3ccc(CCCCC)cc3OC(F)(F)F)oc2c1. The molecule has 3 rings (SSSR count). The van der Waals surface area contributed by atoms with E-state index in [9.17, 15) is 26.7 Å². The number of carbonyl (C=O) groups is 1. The van der Waals surface area contributed by atoms with Gasteiger partial charge in [-0.2, -0.15) is 0 Å². The van der Waals surface area contributed by atoms with Crippen LogP contribution in [0.5, 0.6) is 5.75 Å². The van der Waals surface area contributed by atoms with E-state index in [2.05, 4.69) is 18.2 Å². The van der Waals surface area contributed by atoms with Crippen molar-refractivity contribution >= 4 is 28.5 Å². The minimum absolute atomic E-state index is 0.0848. The average molecular weight is 613 g/mol. The Balaban J connectivity index is 1.57. The van der Waals surface area contributed by atoms with Crippen molar-refractivity contribution in [2.75, 3.05) is 19.0 Å². The van der Waals surface area contributed by atoms with Crippen LogP contribution in [0.1, 0.15) is 64.4 Å². The Morgan fingerprint density at radius 3 is 2.45 bits per heavy atom. The molecule has 42 heavy (non-hydrogen) atoms. The number of Topliss-reactive ketones (excluding diaryl/α,β-unsaturated/α-hetero) is 1. The molecular formula is C32H37F5O4S. The summed E-state index contributed by atoms with van der Waals surface area (Å²) in [7, 11) is 0. The molecule has 0 radical (unpaired) electrons. The molecule has 0 aliphatic carbocycles. The van der Waals surface area contributed by atoms with Crippen molar-refractivity contribution in [3.8, 4) is 17.1 Å². The summed E-state index contributed by atoms with van der Waals surface area (Å²) in [6.07, 6.45) is -1.47. The number of aryl methyl sites for hydroxylation is 1. The van der Waals surface area contributed by atoms with Crippen LogP contribution in [-0.2, 0) is 16.0 Å². The van der Waals surface area contributed by atoms with Gasteiger partial charge in [-0.1, -0.05) is 32.4 Å². The lowest BCUT2D eigenvalue weighted by Gasteiger charge is -2.16. The molecule has 0 saturated heterocycles. The average Bonchev–Trinajstić information content (AvgIpc) is 3.33. The molecule has 0 saturated carbocycles. The number of ether oxygens (including phenoxy) is 2. The molecule has 0 fully saturated rings. The van der Waals surface area contributed by atoms with Gasteiger partial charge >= 0.3 is 6.36 Å². The van der Waals surface area contributed by atoms with Gasteiger partial charge in [0.05, 0.1) is 5.56 Å². The Morgan fingerprint density at radius 2 is 1.74 bits per heavy atom. The van der Waals surface area contributed by atoms with Crippen LogP contribution in [0.2, 0.25) is 0 Å². The normalized spacial score (nSPS) is 12.2. The van der Waals surface area contributed by atoms with Crippen LogP contribution in [0.3, 0.4) is 0 Å². The van der Waals surface area contributed by atoms with Crippen LogP contribution in [0, 0.1) is 0 Å². The van der Waals surface area contributed by atoms with Gasteiger partial charge in [0.1, 0.15) is 23.7 Å².